The highest BCUT2D eigenvalue weighted by molar-refractivity contribution is 5.26. The van der Waals surface area contributed by atoms with Gasteiger partial charge in [-0.25, -0.2) is 0 Å². The van der Waals surface area contributed by atoms with Crippen LogP contribution in [0.15, 0.2) is 30.3 Å². The van der Waals surface area contributed by atoms with Crippen molar-refractivity contribution in [2.45, 2.75) is 38.2 Å². The molecule has 1 saturated carbocycles. The van der Waals surface area contributed by atoms with Crippen LogP contribution in [0, 0.1) is 34.0 Å². The fourth-order valence-electron chi connectivity index (χ4n) is 2.96. The van der Waals surface area contributed by atoms with E-state index in [2.05, 4.69) is 12.1 Å². The highest BCUT2D eigenvalue weighted by Crippen LogP contribution is 2.40. The zero-order chi connectivity index (χ0) is 13.7. The van der Waals surface area contributed by atoms with Gasteiger partial charge in [-0.1, -0.05) is 36.8 Å². The van der Waals surface area contributed by atoms with Gasteiger partial charge in [0.25, 0.3) is 0 Å². The van der Waals surface area contributed by atoms with Crippen molar-refractivity contribution >= 4 is 0 Å². The Morgan fingerprint density at radius 2 is 1.84 bits per heavy atom. The summed E-state index contributed by atoms with van der Waals surface area (Å²) in [5, 5.41) is 28.8. The van der Waals surface area contributed by atoms with Gasteiger partial charge in [-0.05, 0) is 30.7 Å². The topological polar surface area (TPSA) is 67.8 Å². The van der Waals surface area contributed by atoms with Crippen LogP contribution in [0.3, 0.4) is 0 Å². The maximum atomic E-state index is 9.78. The lowest BCUT2D eigenvalue weighted by Gasteiger charge is -2.34. The van der Waals surface area contributed by atoms with Crippen molar-refractivity contribution in [1.29, 1.82) is 10.5 Å². The molecule has 1 fully saturated rings. The lowest BCUT2D eigenvalue weighted by molar-refractivity contribution is 0.0748. The third-order valence-electron chi connectivity index (χ3n) is 4.07. The summed E-state index contributed by atoms with van der Waals surface area (Å²) in [6, 6.07) is 14.1. The second-order valence-corrected chi connectivity index (χ2v) is 5.37. The van der Waals surface area contributed by atoms with Gasteiger partial charge in [0, 0.05) is 6.42 Å². The molecule has 1 aliphatic rings. The Balaban J connectivity index is 2.23. The Morgan fingerprint density at radius 3 is 2.42 bits per heavy atom. The van der Waals surface area contributed by atoms with Crippen LogP contribution in [-0.4, -0.2) is 11.2 Å². The SMILES string of the molecule is N#CC(C#N)(Cc1ccccc1)[C@H]1CCC[C@H](O)C1. The first kappa shape index (κ1) is 13.6. The van der Waals surface area contributed by atoms with Gasteiger partial charge in [0.15, 0.2) is 5.41 Å². The summed E-state index contributed by atoms with van der Waals surface area (Å²) in [7, 11) is 0. The molecule has 1 aromatic rings. The molecule has 0 saturated heterocycles. The molecule has 0 unspecified atom stereocenters. The molecule has 0 aromatic heterocycles. The van der Waals surface area contributed by atoms with Crippen molar-refractivity contribution in [3.63, 3.8) is 0 Å². The molecule has 2 rings (SSSR count). The summed E-state index contributed by atoms with van der Waals surface area (Å²) in [6.07, 6.45) is 3.17. The first-order chi connectivity index (χ1) is 9.20. The highest BCUT2D eigenvalue weighted by atomic mass is 16.3. The minimum Gasteiger partial charge on any atom is -0.393 e. The van der Waals surface area contributed by atoms with Crippen LogP contribution >= 0.6 is 0 Å². The van der Waals surface area contributed by atoms with E-state index < -0.39 is 5.41 Å². The quantitative estimate of drug-likeness (QED) is 0.901. The average Bonchev–Trinajstić information content (AvgIpc) is 2.46. The van der Waals surface area contributed by atoms with Gasteiger partial charge in [0.05, 0.1) is 18.2 Å². The summed E-state index contributed by atoms with van der Waals surface area (Å²) in [6.45, 7) is 0. The number of benzene rings is 1. The number of nitriles is 2. The standard InChI is InChI=1S/C16H18N2O/c17-11-16(12-18,10-13-5-2-1-3-6-13)14-7-4-8-15(19)9-14/h1-3,5-6,14-15,19H,4,7-10H2/t14-,15-/m0/s1. The molecule has 3 nitrogen and oxygen atoms in total. The van der Waals surface area contributed by atoms with Crippen molar-refractivity contribution in [1.82, 2.24) is 0 Å². The van der Waals surface area contributed by atoms with Crippen molar-refractivity contribution in [2.75, 3.05) is 0 Å². The van der Waals surface area contributed by atoms with Crippen molar-refractivity contribution in [3.05, 3.63) is 35.9 Å². The fourth-order valence-corrected chi connectivity index (χ4v) is 2.96. The van der Waals surface area contributed by atoms with Gasteiger partial charge >= 0.3 is 0 Å². The van der Waals surface area contributed by atoms with E-state index in [4.69, 9.17) is 0 Å². The van der Waals surface area contributed by atoms with Crippen LogP contribution in [0.2, 0.25) is 0 Å². The van der Waals surface area contributed by atoms with Crippen LogP contribution in [0.1, 0.15) is 31.2 Å². The van der Waals surface area contributed by atoms with Crippen LogP contribution in [-0.2, 0) is 6.42 Å². The van der Waals surface area contributed by atoms with E-state index >= 15 is 0 Å². The van der Waals surface area contributed by atoms with Gasteiger partial charge in [-0.3, -0.25) is 0 Å². The third-order valence-corrected chi connectivity index (χ3v) is 4.07. The van der Waals surface area contributed by atoms with E-state index in [1.807, 2.05) is 30.3 Å². The summed E-state index contributed by atoms with van der Waals surface area (Å²) in [4.78, 5) is 0. The zero-order valence-electron chi connectivity index (χ0n) is 10.9. The highest BCUT2D eigenvalue weighted by Gasteiger charge is 2.41. The summed E-state index contributed by atoms with van der Waals surface area (Å²) in [5.41, 5.74) is -0.00591. The molecule has 0 heterocycles. The number of aliphatic hydroxyl groups excluding tert-OH is 1. The first-order valence-corrected chi connectivity index (χ1v) is 6.74. The predicted octanol–water partition coefficient (Wildman–Crippen LogP) is 2.81. The fraction of sp³-hybridized carbons (Fsp3) is 0.500. The van der Waals surface area contributed by atoms with Crippen molar-refractivity contribution in [2.24, 2.45) is 11.3 Å². The first-order valence-electron chi connectivity index (χ1n) is 6.74. The monoisotopic (exact) mass is 254 g/mol. The Bertz CT molecular complexity index is 484. The Morgan fingerprint density at radius 1 is 1.16 bits per heavy atom. The van der Waals surface area contributed by atoms with Crippen molar-refractivity contribution < 1.29 is 5.11 Å². The number of rotatable bonds is 3. The van der Waals surface area contributed by atoms with Crippen molar-refractivity contribution in [3.8, 4) is 12.1 Å². The van der Waals surface area contributed by atoms with Gasteiger partial charge in [0.2, 0.25) is 0 Å². The number of aliphatic hydroxyl groups is 1. The van der Waals surface area contributed by atoms with Gasteiger partial charge in [-0.15, -0.1) is 0 Å². The lowest BCUT2D eigenvalue weighted by atomic mass is 9.67. The van der Waals surface area contributed by atoms with Gasteiger partial charge in [0.1, 0.15) is 0 Å². The van der Waals surface area contributed by atoms with E-state index in [1.165, 1.54) is 0 Å². The second kappa shape index (κ2) is 5.87. The lowest BCUT2D eigenvalue weighted by Crippen LogP contribution is -2.35. The zero-order valence-corrected chi connectivity index (χ0v) is 10.9. The molecule has 98 valence electrons. The molecule has 1 aromatic carbocycles. The third kappa shape index (κ3) is 2.95. The summed E-state index contributed by atoms with van der Waals surface area (Å²) in [5.74, 6) is -0.0357. The maximum absolute atomic E-state index is 9.78. The Labute approximate surface area is 114 Å². The van der Waals surface area contributed by atoms with Crippen LogP contribution in [0.5, 0.6) is 0 Å². The smallest absolute Gasteiger partial charge is 0.150 e. The van der Waals surface area contributed by atoms with E-state index in [0.29, 0.717) is 12.8 Å². The molecule has 0 spiro atoms. The maximum Gasteiger partial charge on any atom is 0.150 e. The molecule has 1 aliphatic carbocycles. The molecule has 19 heavy (non-hydrogen) atoms. The molecule has 3 heteroatoms. The van der Waals surface area contributed by atoms with E-state index in [1.54, 1.807) is 0 Å². The Hall–Kier alpha value is -1.84. The minimum atomic E-state index is -1.01. The van der Waals surface area contributed by atoms with Crippen LogP contribution < -0.4 is 0 Å². The molecule has 2 atom stereocenters. The number of hydrogen-bond acceptors (Lipinski definition) is 3. The molecule has 0 aliphatic heterocycles. The largest absolute Gasteiger partial charge is 0.393 e. The Kier molecular flexibility index (Phi) is 4.20. The molecule has 0 amide bonds. The molecule has 1 N–H and O–H groups in total. The summed E-state index contributed by atoms with van der Waals surface area (Å²) >= 11 is 0. The number of nitrogens with zero attached hydrogens (tertiary/aromatic N) is 2. The van der Waals surface area contributed by atoms with Gasteiger partial charge in [-0.2, -0.15) is 10.5 Å². The van der Waals surface area contributed by atoms with E-state index in [-0.39, 0.29) is 12.0 Å². The van der Waals surface area contributed by atoms with Gasteiger partial charge < -0.3 is 5.11 Å². The van der Waals surface area contributed by atoms with E-state index in [0.717, 1.165) is 24.8 Å². The summed E-state index contributed by atoms with van der Waals surface area (Å²) < 4.78 is 0. The minimum absolute atomic E-state index is 0.0357. The molecule has 0 radical (unpaired) electrons. The van der Waals surface area contributed by atoms with Crippen LogP contribution in [0.4, 0.5) is 0 Å². The average molecular weight is 254 g/mol. The normalized spacial score (nSPS) is 23.3. The number of hydrogen-bond donors (Lipinski definition) is 1. The van der Waals surface area contributed by atoms with Crippen LogP contribution in [0.25, 0.3) is 0 Å². The van der Waals surface area contributed by atoms with E-state index in [9.17, 15) is 15.6 Å². The molecule has 0 bridgehead atoms. The predicted molar refractivity (Wildman–Crippen MR) is 71.8 cm³/mol. The molecular weight excluding hydrogens is 236 g/mol. The second-order valence-electron chi connectivity index (χ2n) is 5.37. The molecular formula is C16H18N2O.